The van der Waals surface area contributed by atoms with Crippen LogP contribution in [0.3, 0.4) is 0 Å². The van der Waals surface area contributed by atoms with Crippen molar-refractivity contribution in [2.45, 2.75) is 20.0 Å². The molecule has 0 fully saturated rings. The fourth-order valence-electron chi connectivity index (χ4n) is 3.04. The molecule has 3 heterocycles. The lowest BCUT2D eigenvalue weighted by molar-refractivity contribution is 0.0938. The van der Waals surface area contributed by atoms with Crippen molar-refractivity contribution in [3.8, 4) is 5.75 Å². The fourth-order valence-corrected chi connectivity index (χ4v) is 4.00. The van der Waals surface area contributed by atoms with Gasteiger partial charge in [0, 0.05) is 4.88 Å². The minimum atomic E-state index is -0.118. The standard InChI is InChI=1S/C21H20N2O3S/c1-15-12-18-20(27-15)13-19(21(24)22-14-17-8-5-10-25-17)23(18)9-11-26-16-6-3-2-4-7-16/h2-8,10,12-13H,9,11,14H2,1H3,(H,22,24). The Balaban J connectivity index is 1.51. The molecule has 3 aromatic heterocycles. The second-order valence-electron chi connectivity index (χ2n) is 6.21. The Morgan fingerprint density at radius 2 is 2.04 bits per heavy atom. The average molecular weight is 380 g/mol. The number of hydrogen-bond donors (Lipinski definition) is 1. The SMILES string of the molecule is Cc1cc2c(cc(C(=O)NCc3ccco3)n2CCOc2ccccc2)s1. The van der Waals surface area contributed by atoms with Crippen LogP contribution in [0.4, 0.5) is 0 Å². The van der Waals surface area contributed by atoms with Crippen molar-refractivity contribution in [1.29, 1.82) is 0 Å². The maximum atomic E-state index is 12.7. The topological polar surface area (TPSA) is 56.4 Å². The lowest BCUT2D eigenvalue weighted by atomic mass is 10.3. The molecule has 0 aliphatic heterocycles. The molecule has 4 rings (SSSR count). The Labute approximate surface area is 161 Å². The van der Waals surface area contributed by atoms with Crippen LogP contribution >= 0.6 is 11.3 Å². The van der Waals surface area contributed by atoms with Gasteiger partial charge in [0.2, 0.25) is 0 Å². The molecule has 138 valence electrons. The molecule has 1 N–H and O–H groups in total. The molecular weight excluding hydrogens is 360 g/mol. The molecule has 0 aliphatic carbocycles. The summed E-state index contributed by atoms with van der Waals surface area (Å²) in [6, 6.07) is 17.4. The summed E-state index contributed by atoms with van der Waals surface area (Å²) in [4.78, 5) is 14.0. The average Bonchev–Trinajstić information content (AvgIpc) is 3.38. The van der Waals surface area contributed by atoms with Crippen molar-refractivity contribution < 1.29 is 13.9 Å². The van der Waals surface area contributed by atoms with Gasteiger partial charge >= 0.3 is 0 Å². The fraction of sp³-hybridized carbons (Fsp3) is 0.190. The number of carbonyl (C=O) groups excluding carboxylic acids is 1. The molecule has 6 heteroatoms. The molecule has 4 aromatic rings. The van der Waals surface area contributed by atoms with E-state index in [2.05, 4.69) is 18.3 Å². The summed E-state index contributed by atoms with van der Waals surface area (Å²) in [5.74, 6) is 1.44. The normalized spacial score (nSPS) is 11.0. The van der Waals surface area contributed by atoms with Gasteiger partial charge in [-0.15, -0.1) is 11.3 Å². The van der Waals surface area contributed by atoms with E-state index in [0.717, 1.165) is 21.7 Å². The Morgan fingerprint density at radius 3 is 2.81 bits per heavy atom. The minimum Gasteiger partial charge on any atom is -0.492 e. The van der Waals surface area contributed by atoms with Crippen LogP contribution in [0.1, 0.15) is 21.1 Å². The Kier molecular flexibility index (Phi) is 4.98. The number of amides is 1. The zero-order chi connectivity index (χ0) is 18.6. The predicted octanol–water partition coefficient (Wildman–Crippen LogP) is 4.61. The number of ether oxygens (including phenoxy) is 1. The zero-order valence-electron chi connectivity index (χ0n) is 15.0. The number of hydrogen-bond acceptors (Lipinski definition) is 4. The number of rotatable bonds is 7. The van der Waals surface area contributed by atoms with Crippen LogP contribution < -0.4 is 10.1 Å². The molecule has 1 amide bonds. The molecule has 1 aromatic carbocycles. The van der Waals surface area contributed by atoms with Gasteiger partial charge in [0.25, 0.3) is 5.91 Å². The predicted molar refractivity (Wildman–Crippen MR) is 106 cm³/mol. The lowest BCUT2D eigenvalue weighted by Gasteiger charge is -2.11. The Hall–Kier alpha value is -2.99. The number of nitrogens with one attached hydrogen (secondary N) is 1. The lowest BCUT2D eigenvalue weighted by Crippen LogP contribution is -2.26. The van der Waals surface area contributed by atoms with Gasteiger partial charge in [0.05, 0.1) is 29.6 Å². The highest BCUT2D eigenvalue weighted by Gasteiger charge is 2.17. The van der Waals surface area contributed by atoms with E-state index in [1.807, 2.05) is 53.1 Å². The van der Waals surface area contributed by atoms with E-state index >= 15 is 0 Å². The summed E-state index contributed by atoms with van der Waals surface area (Å²) in [6.07, 6.45) is 1.60. The van der Waals surface area contributed by atoms with Crippen molar-refractivity contribution in [1.82, 2.24) is 9.88 Å². The number of furan rings is 1. The van der Waals surface area contributed by atoms with Gasteiger partial charge in [-0.05, 0) is 43.3 Å². The maximum absolute atomic E-state index is 12.7. The second kappa shape index (κ2) is 7.72. The number of thiophene rings is 1. The summed E-state index contributed by atoms with van der Waals surface area (Å²) in [5, 5.41) is 2.93. The monoisotopic (exact) mass is 380 g/mol. The number of carbonyl (C=O) groups is 1. The van der Waals surface area contributed by atoms with Crippen LogP contribution in [0, 0.1) is 6.92 Å². The third-order valence-corrected chi connectivity index (χ3v) is 5.26. The van der Waals surface area contributed by atoms with Crippen LogP contribution in [-0.4, -0.2) is 17.1 Å². The van der Waals surface area contributed by atoms with Crippen LogP contribution in [0.15, 0.2) is 65.3 Å². The first-order chi connectivity index (χ1) is 13.2. The van der Waals surface area contributed by atoms with Gasteiger partial charge in [0.15, 0.2) is 0 Å². The van der Waals surface area contributed by atoms with E-state index in [1.165, 1.54) is 4.88 Å². The molecular formula is C21H20N2O3S. The van der Waals surface area contributed by atoms with Gasteiger partial charge in [-0.25, -0.2) is 0 Å². The van der Waals surface area contributed by atoms with Gasteiger partial charge in [-0.1, -0.05) is 18.2 Å². The molecule has 27 heavy (non-hydrogen) atoms. The van der Waals surface area contributed by atoms with Gasteiger partial charge in [-0.2, -0.15) is 0 Å². The largest absolute Gasteiger partial charge is 0.492 e. The van der Waals surface area contributed by atoms with Crippen LogP contribution in [0.25, 0.3) is 10.2 Å². The van der Waals surface area contributed by atoms with Gasteiger partial charge in [-0.3, -0.25) is 4.79 Å². The molecule has 0 bridgehead atoms. The third kappa shape index (κ3) is 3.90. The van der Waals surface area contributed by atoms with Crippen molar-refractivity contribution >= 4 is 27.5 Å². The molecule has 0 saturated carbocycles. The van der Waals surface area contributed by atoms with E-state index in [9.17, 15) is 4.79 Å². The Bertz CT molecular complexity index is 1030. The quantitative estimate of drug-likeness (QED) is 0.509. The van der Waals surface area contributed by atoms with Crippen molar-refractivity contribution in [3.63, 3.8) is 0 Å². The van der Waals surface area contributed by atoms with Crippen molar-refractivity contribution in [2.75, 3.05) is 6.61 Å². The summed E-state index contributed by atoms with van der Waals surface area (Å²) >= 11 is 1.69. The van der Waals surface area contributed by atoms with Crippen LogP contribution in [0.2, 0.25) is 0 Å². The number of aryl methyl sites for hydroxylation is 1. The highest BCUT2D eigenvalue weighted by Crippen LogP contribution is 2.29. The number of para-hydroxylation sites is 1. The first kappa shape index (κ1) is 17.4. The van der Waals surface area contributed by atoms with Crippen molar-refractivity contribution in [3.05, 3.63) is 77.2 Å². The molecule has 0 spiro atoms. The summed E-state index contributed by atoms with van der Waals surface area (Å²) in [5.41, 5.74) is 1.71. The minimum absolute atomic E-state index is 0.118. The van der Waals surface area contributed by atoms with Gasteiger partial charge < -0.3 is 19.0 Å². The smallest absolute Gasteiger partial charge is 0.268 e. The number of aromatic nitrogens is 1. The highest BCUT2D eigenvalue weighted by molar-refractivity contribution is 7.19. The Morgan fingerprint density at radius 1 is 1.19 bits per heavy atom. The van der Waals surface area contributed by atoms with Crippen molar-refractivity contribution in [2.24, 2.45) is 0 Å². The molecule has 0 aliphatic rings. The zero-order valence-corrected chi connectivity index (χ0v) is 15.8. The summed E-state index contributed by atoms with van der Waals surface area (Å²) < 4.78 is 14.2. The summed E-state index contributed by atoms with van der Waals surface area (Å²) in [7, 11) is 0. The van der Waals surface area contributed by atoms with Gasteiger partial charge in [0.1, 0.15) is 23.8 Å². The summed E-state index contributed by atoms with van der Waals surface area (Å²) in [6.45, 7) is 3.52. The van der Waals surface area contributed by atoms with E-state index in [4.69, 9.17) is 9.15 Å². The number of benzene rings is 1. The molecule has 0 radical (unpaired) electrons. The second-order valence-corrected chi connectivity index (χ2v) is 7.50. The molecule has 5 nitrogen and oxygen atoms in total. The van der Waals surface area contributed by atoms with E-state index in [-0.39, 0.29) is 5.91 Å². The van der Waals surface area contributed by atoms with Crippen LogP contribution in [0.5, 0.6) is 5.75 Å². The van der Waals surface area contributed by atoms with E-state index < -0.39 is 0 Å². The highest BCUT2D eigenvalue weighted by atomic mass is 32.1. The molecule has 0 atom stereocenters. The maximum Gasteiger partial charge on any atom is 0.268 e. The molecule has 0 saturated heterocycles. The third-order valence-electron chi connectivity index (χ3n) is 4.28. The van der Waals surface area contributed by atoms with E-state index in [0.29, 0.717) is 25.4 Å². The van der Waals surface area contributed by atoms with Crippen LogP contribution in [-0.2, 0) is 13.1 Å². The van der Waals surface area contributed by atoms with E-state index in [1.54, 1.807) is 17.6 Å². The first-order valence-corrected chi connectivity index (χ1v) is 9.60. The number of fused-ring (bicyclic) bond motifs is 1. The number of nitrogens with zero attached hydrogens (tertiary/aromatic N) is 1. The first-order valence-electron chi connectivity index (χ1n) is 8.79. The molecule has 0 unspecified atom stereocenters.